The van der Waals surface area contributed by atoms with Gasteiger partial charge in [-0.15, -0.1) is 0 Å². The van der Waals surface area contributed by atoms with Crippen LogP contribution in [0.25, 0.3) is 16.9 Å². The summed E-state index contributed by atoms with van der Waals surface area (Å²) in [6, 6.07) is 11.6. The molecule has 1 amide bonds. The molecule has 124 valence electrons. The molecule has 6 heteroatoms. The summed E-state index contributed by atoms with van der Waals surface area (Å²) in [6.45, 7) is 7.40. The first kappa shape index (κ1) is 16.0. The van der Waals surface area contributed by atoms with E-state index in [0.717, 1.165) is 16.8 Å². The molecule has 0 aliphatic carbocycles. The lowest BCUT2D eigenvalue weighted by molar-refractivity contribution is 0.0635. The van der Waals surface area contributed by atoms with Crippen LogP contribution >= 0.6 is 0 Å². The van der Waals surface area contributed by atoms with Gasteiger partial charge >= 0.3 is 6.09 Å². The number of rotatable bonds is 2. The van der Waals surface area contributed by atoms with Gasteiger partial charge in [0.25, 0.3) is 0 Å². The summed E-state index contributed by atoms with van der Waals surface area (Å²) in [5.41, 5.74) is 2.78. The fourth-order valence-electron chi connectivity index (χ4n) is 2.33. The lowest BCUT2D eigenvalue weighted by atomic mass is 10.1. The second kappa shape index (κ2) is 5.96. The summed E-state index contributed by atoms with van der Waals surface area (Å²) in [6.07, 6.45) is 1.19. The van der Waals surface area contributed by atoms with Gasteiger partial charge < -0.3 is 4.74 Å². The number of hydrogen-bond donors (Lipinski definition) is 1. The summed E-state index contributed by atoms with van der Waals surface area (Å²) >= 11 is 0. The molecule has 0 aliphatic rings. The standard InChI is InChI=1S/C18H20N4O2/c1-12-11-19-22-15(21-17(23)24-18(2,3)4)10-14(20-16(12)22)13-8-6-5-7-9-13/h5-11H,1-4H3,(H,21,23). The van der Waals surface area contributed by atoms with Crippen LogP contribution in [-0.4, -0.2) is 26.3 Å². The van der Waals surface area contributed by atoms with Crippen molar-refractivity contribution >= 4 is 17.6 Å². The SMILES string of the molecule is Cc1cnn2c(NC(=O)OC(C)(C)C)cc(-c3ccccc3)nc12. The van der Waals surface area contributed by atoms with Crippen LogP contribution in [0, 0.1) is 6.92 Å². The van der Waals surface area contributed by atoms with E-state index >= 15 is 0 Å². The van der Waals surface area contributed by atoms with Crippen molar-refractivity contribution < 1.29 is 9.53 Å². The number of carbonyl (C=O) groups is 1. The van der Waals surface area contributed by atoms with Gasteiger partial charge in [-0.05, 0) is 27.7 Å². The highest BCUT2D eigenvalue weighted by Gasteiger charge is 2.18. The topological polar surface area (TPSA) is 68.5 Å². The van der Waals surface area contributed by atoms with Gasteiger partial charge in [-0.1, -0.05) is 30.3 Å². The Morgan fingerprint density at radius 1 is 1.21 bits per heavy atom. The Balaban J connectivity index is 2.04. The van der Waals surface area contributed by atoms with E-state index in [2.05, 4.69) is 15.4 Å². The highest BCUT2D eigenvalue weighted by Crippen LogP contribution is 2.23. The zero-order valence-electron chi connectivity index (χ0n) is 14.2. The minimum Gasteiger partial charge on any atom is -0.444 e. The number of hydrogen-bond acceptors (Lipinski definition) is 4. The summed E-state index contributed by atoms with van der Waals surface area (Å²) in [7, 11) is 0. The van der Waals surface area contributed by atoms with Gasteiger partial charge in [0.05, 0.1) is 11.9 Å². The Labute approximate surface area is 140 Å². The number of nitrogens with one attached hydrogen (secondary N) is 1. The normalized spacial score (nSPS) is 11.5. The highest BCUT2D eigenvalue weighted by molar-refractivity contribution is 5.85. The molecule has 2 heterocycles. The number of carbonyl (C=O) groups excluding carboxylic acids is 1. The monoisotopic (exact) mass is 324 g/mol. The molecule has 2 aromatic heterocycles. The fraction of sp³-hybridized carbons (Fsp3) is 0.278. The first-order chi connectivity index (χ1) is 11.3. The van der Waals surface area contributed by atoms with E-state index in [1.807, 2.05) is 58.0 Å². The van der Waals surface area contributed by atoms with Crippen LogP contribution in [0.5, 0.6) is 0 Å². The third kappa shape index (κ3) is 3.37. The Morgan fingerprint density at radius 3 is 2.58 bits per heavy atom. The van der Waals surface area contributed by atoms with Gasteiger partial charge in [-0.3, -0.25) is 5.32 Å². The molecular formula is C18H20N4O2. The van der Waals surface area contributed by atoms with E-state index < -0.39 is 11.7 Å². The molecule has 0 spiro atoms. The Kier molecular flexibility index (Phi) is 3.97. The zero-order valence-corrected chi connectivity index (χ0v) is 14.2. The number of fused-ring (bicyclic) bond motifs is 1. The molecule has 0 fully saturated rings. The molecule has 0 bridgehead atoms. The molecule has 0 saturated carbocycles. The van der Waals surface area contributed by atoms with Crippen LogP contribution in [-0.2, 0) is 4.74 Å². The lowest BCUT2D eigenvalue weighted by Crippen LogP contribution is -2.28. The van der Waals surface area contributed by atoms with Gasteiger partial charge in [0, 0.05) is 17.2 Å². The van der Waals surface area contributed by atoms with Crippen molar-refractivity contribution in [3.63, 3.8) is 0 Å². The van der Waals surface area contributed by atoms with Crippen molar-refractivity contribution in [1.29, 1.82) is 0 Å². The predicted octanol–water partition coefficient (Wildman–Crippen LogP) is 4.05. The van der Waals surface area contributed by atoms with Crippen LogP contribution in [0.15, 0.2) is 42.6 Å². The van der Waals surface area contributed by atoms with Crippen LogP contribution in [0.2, 0.25) is 0 Å². The first-order valence-electron chi connectivity index (χ1n) is 7.74. The highest BCUT2D eigenvalue weighted by atomic mass is 16.6. The number of ether oxygens (including phenoxy) is 1. The Bertz CT molecular complexity index is 879. The summed E-state index contributed by atoms with van der Waals surface area (Å²) in [5.74, 6) is 0.515. The molecule has 1 N–H and O–H groups in total. The number of aryl methyl sites for hydroxylation is 1. The van der Waals surface area contributed by atoms with E-state index in [4.69, 9.17) is 4.74 Å². The van der Waals surface area contributed by atoms with Crippen LogP contribution in [0.4, 0.5) is 10.6 Å². The Morgan fingerprint density at radius 2 is 1.92 bits per heavy atom. The van der Waals surface area contributed by atoms with Gasteiger partial charge in [0.2, 0.25) is 0 Å². The molecule has 1 aromatic carbocycles. The minimum atomic E-state index is -0.571. The fourth-order valence-corrected chi connectivity index (χ4v) is 2.33. The maximum absolute atomic E-state index is 12.1. The number of benzene rings is 1. The van der Waals surface area contributed by atoms with E-state index in [0.29, 0.717) is 11.5 Å². The molecular weight excluding hydrogens is 304 g/mol. The number of aromatic nitrogens is 3. The van der Waals surface area contributed by atoms with Gasteiger partial charge in [-0.2, -0.15) is 9.61 Å². The van der Waals surface area contributed by atoms with Crippen molar-refractivity contribution in [2.75, 3.05) is 5.32 Å². The zero-order chi connectivity index (χ0) is 17.3. The maximum Gasteiger partial charge on any atom is 0.413 e. The van der Waals surface area contributed by atoms with Crippen molar-refractivity contribution in [3.8, 4) is 11.3 Å². The van der Waals surface area contributed by atoms with Crippen molar-refractivity contribution in [2.45, 2.75) is 33.3 Å². The molecule has 6 nitrogen and oxygen atoms in total. The second-order valence-electron chi connectivity index (χ2n) is 6.58. The van der Waals surface area contributed by atoms with Crippen LogP contribution < -0.4 is 5.32 Å². The molecule has 0 aliphatic heterocycles. The van der Waals surface area contributed by atoms with E-state index in [1.54, 1.807) is 16.8 Å². The number of amides is 1. The van der Waals surface area contributed by atoms with E-state index in [-0.39, 0.29) is 0 Å². The average Bonchev–Trinajstić information content (AvgIpc) is 2.88. The smallest absolute Gasteiger partial charge is 0.413 e. The number of anilines is 1. The van der Waals surface area contributed by atoms with Crippen LogP contribution in [0.3, 0.4) is 0 Å². The minimum absolute atomic E-state index is 0.515. The third-order valence-corrected chi connectivity index (χ3v) is 3.35. The van der Waals surface area contributed by atoms with Crippen molar-refractivity contribution in [1.82, 2.24) is 14.6 Å². The molecule has 24 heavy (non-hydrogen) atoms. The summed E-state index contributed by atoms with van der Waals surface area (Å²) < 4.78 is 6.93. The van der Waals surface area contributed by atoms with E-state index in [9.17, 15) is 4.79 Å². The molecule has 0 atom stereocenters. The molecule has 0 unspecified atom stereocenters. The molecule has 3 aromatic rings. The number of nitrogens with zero attached hydrogens (tertiary/aromatic N) is 3. The Hall–Kier alpha value is -2.89. The lowest BCUT2D eigenvalue weighted by Gasteiger charge is -2.20. The molecule has 0 saturated heterocycles. The van der Waals surface area contributed by atoms with Crippen LogP contribution in [0.1, 0.15) is 26.3 Å². The maximum atomic E-state index is 12.1. The van der Waals surface area contributed by atoms with Gasteiger partial charge in [0.1, 0.15) is 11.4 Å². The van der Waals surface area contributed by atoms with Gasteiger partial charge in [-0.25, -0.2) is 9.78 Å². The third-order valence-electron chi connectivity index (χ3n) is 3.35. The predicted molar refractivity (Wildman–Crippen MR) is 93.0 cm³/mol. The summed E-state index contributed by atoms with van der Waals surface area (Å²) in [4.78, 5) is 16.8. The van der Waals surface area contributed by atoms with Crippen molar-refractivity contribution in [2.24, 2.45) is 0 Å². The van der Waals surface area contributed by atoms with Gasteiger partial charge in [0.15, 0.2) is 5.65 Å². The molecule has 3 rings (SSSR count). The summed E-state index contributed by atoms with van der Waals surface area (Å²) in [5, 5.41) is 7.05. The average molecular weight is 324 g/mol. The first-order valence-corrected chi connectivity index (χ1v) is 7.74. The second-order valence-corrected chi connectivity index (χ2v) is 6.58. The van der Waals surface area contributed by atoms with Crippen molar-refractivity contribution in [3.05, 3.63) is 48.2 Å². The largest absolute Gasteiger partial charge is 0.444 e. The molecule has 0 radical (unpaired) electrons. The quantitative estimate of drug-likeness (QED) is 0.772. The van der Waals surface area contributed by atoms with E-state index in [1.165, 1.54) is 0 Å².